The van der Waals surface area contributed by atoms with Crippen LogP contribution in [0.1, 0.15) is 18.1 Å². The second-order valence-electron chi connectivity index (χ2n) is 5.21. The number of ether oxygens (including phenoxy) is 2. The number of halogens is 2. The number of nitriles is 1. The number of rotatable bonds is 7. The normalized spacial score (nSPS) is 10.9. The number of nitrogens with zero attached hydrogens (tertiary/aromatic N) is 1. The first-order valence-corrected chi connectivity index (χ1v) is 8.87. The third kappa shape index (κ3) is 5.25. The molecule has 2 aromatic rings. The molecule has 2 aromatic carbocycles. The third-order valence-corrected chi connectivity index (χ3v) is 4.17. The molecule has 134 valence electrons. The number of carbonyl (C=O) groups excluding carboxylic acids is 1. The molecule has 2 rings (SSSR count). The van der Waals surface area contributed by atoms with Gasteiger partial charge >= 0.3 is 0 Å². The van der Waals surface area contributed by atoms with Crippen molar-refractivity contribution in [1.82, 2.24) is 0 Å². The minimum absolute atomic E-state index is 0.144. The first-order chi connectivity index (χ1) is 12.4. The minimum atomic E-state index is -0.787. The second-order valence-corrected chi connectivity index (χ2v) is 6.50. The van der Waals surface area contributed by atoms with Gasteiger partial charge in [-0.3, -0.25) is 4.79 Å². The van der Waals surface area contributed by atoms with E-state index in [-0.39, 0.29) is 5.57 Å². The molecule has 0 aliphatic rings. The highest BCUT2D eigenvalue weighted by molar-refractivity contribution is 9.10. The molecule has 0 bridgehead atoms. The molecule has 26 heavy (non-hydrogen) atoms. The van der Waals surface area contributed by atoms with Crippen molar-refractivity contribution in [1.29, 1.82) is 5.26 Å². The SMILES string of the molecule is CCOc1cc(/C=C(\C#N)C(N)=O)cc(Br)c1OCc1ccc(Cl)cc1. The summed E-state index contributed by atoms with van der Waals surface area (Å²) in [4.78, 5) is 11.2. The van der Waals surface area contributed by atoms with Gasteiger partial charge in [0.15, 0.2) is 11.5 Å². The largest absolute Gasteiger partial charge is 0.490 e. The summed E-state index contributed by atoms with van der Waals surface area (Å²) in [6.07, 6.45) is 1.40. The Balaban J connectivity index is 2.32. The summed E-state index contributed by atoms with van der Waals surface area (Å²) < 4.78 is 12.2. The molecule has 0 atom stereocenters. The van der Waals surface area contributed by atoms with Crippen LogP contribution in [0.2, 0.25) is 5.02 Å². The highest BCUT2D eigenvalue weighted by atomic mass is 79.9. The van der Waals surface area contributed by atoms with Gasteiger partial charge in [0.05, 0.1) is 11.1 Å². The standard InChI is InChI=1S/C19H16BrClN2O3/c1-2-25-17-9-13(7-14(10-22)19(23)24)8-16(20)18(17)26-11-12-3-5-15(21)6-4-12/h3-9H,2,11H2,1H3,(H2,23,24)/b14-7+. The van der Waals surface area contributed by atoms with Gasteiger partial charge in [-0.25, -0.2) is 0 Å². The highest BCUT2D eigenvalue weighted by Crippen LogP contribution is 2.38. The van der Waals surface area contributed by atoms with E-state index in [0.717, 1.165) is 5.56 Å². The first kappa shape index (κ1) is 19.8. The minimum Gasteiger partial charge on any atom is -0.490 e. The topological polar surface area (TPSA) is 85.3 Å². The van der Waals surface area contributed by atoms with Gasteiger partial charge < -0.3 is 15.2 Å². The van der Waals surface area contributed by atoms with Crippen molar-refractivity contribution in [2.24, 2.45) is 5.73 Å². The zero-order chi connectivity index (χ0) is 19.1. The maximum absolute atomic E-state index is 11.2. The number of benzene rings is 2. The number of hydrogen-bond donors (Lipinski definition) is 1. The predicted molar refractivity (Wildman–Crippen MR) is 104 cm³/mol. The lowest BCUT2D eigenvalue weighted by Crippen LogP contribution is -2.12. The lowest BCUT2D eigenvalue weighted by molar-refractivity contribution is -0.114. The summed E-state index contributed by atoms with van der Waals surface area (Å²) in [6, 6.07) is 12.5. The summed E-state index contributed by atoms with van der Waals surface area (Å²) in [7, 11) is 0. The molecule has 7 heteroatoms. The van der Waals surface area contributed by atoms with E-state index in [1.54, 1.807) is 30.3 Å². The summed E-state index contributed by atoms with van der Waals surface area (Å²) in [5.74, 6) is 0.227. The molecular formula is C19H16BrClN2O3. The molecule has 2 N–H and O–H groups in total. The fourth-order valence-electron chi connectivity index (χ4n) is 2.14. The number of primary amides is 1. The van der Waals surface area contributed by atoms with Crippen LogP contribution in [-0.2, 0) is 11.4 Å². The molecule has 0 fully saturated rings. The number of hydrogen-bond acceptors (Lipinski definition) is 4. The van der Waals surface area contributed by atoms with Crippen LogP contribution in [0.15, 0.2) is 46.4 Å². The van der Waals surface area contributed by atoms with Crippen LogP contribution < -0.4 is 15.2 Å². The van der Waals surface area contributed by atoms with E-state index >= 15 is 0 Å². The van der Waals surface area contributed by atoms with E-state index in [2.05, 4.69) is 15.9 Å². The Bertz CT molecular complexity index is 874. The smallest absolute Gasteiger partial charge is 0.259 e. The number of nitrogens with two attached hydrogens (primary N) is 1. The molecule has 0 unspecified atom stereocenters. The van der Waals surface area contributed by atoms with Crippen molar-refractivity contribution in [2.45, 2.75) is 13.5 Å². The molecule has 0 spiro atoms. The van der Waals surface area contributed by atoms with Gasteiger partial charge in [-0.1, -0.05) is 23.7 Å². The summed E-state index contributed by atoms with van der Waals surface area (Å²) in [5, 5.41) is 9.64. The van der Waals surface area contributed by atoms with Gasteiger partial charge in [0.2, 0.25) is 0 Å². The molecule has 0 aromatic heterocycles. The van der Waals surface area contributed by atoms with E-state index in [1.165, 1.54) is 6.08 Å². The molecule has 0 heterocycles. The van der Waals surface area contributed by atoms with Crippen molar-refractivity contribution >= 4 is 39.5 Å². The summed E-state index contributed by atoms with van der Waals surface area (Å²) in [5.41, 5.74) is 6.58. The molecule has 0 aliphatic carbocycles. The number of amides is 1. The Hall–Kier alpha value is -2.49. The first-order valence-electron chi connectivity index (χ1n) is 7.69. The molecule has 0 saturated heterocycles. The zero-order valence-corrected chi connectivity index (χ0v) is 16.3. The molecule has 0 saturated carbocycles. The molecule has 0 aliphatic heterocycles. The maximum atomic E-state index is 11.2. The van der Waals surface area contributed by atoms with Gasteiger partial charge in [-0.15, -0.1) is 0 Å². The van der Waals surface area contributed by atoms with Crippen LogP contribution in [0.5, 0.6) is 11.5 Å². The molecular weight excluding hydrogens is 420 g/mol. The van der Waals surface area contributed by atoms with Gasteiger partial charge in [0, 0.05) is 5.02 Å². The van der Waals surface area contributed by atoms with Crippen LogP contribution in [0.4, 0.5) is 0 Å². The van der Waals surface area contributed by atoms with Crippen molar-refractivity contribution in [2.75, 3.05) is 6.61 Å². The Morgan fingerprint density at radius 2 is 2.00 bits per heavy atom. The second kappa shape index (κ2) is 9.27. The molecule has 5 nitrogen and oxygen atoms in total. The van der Waals surface area contributed by atoms with Gasteiger partial charge in [-0.05, 0) is 64.3 Å². The van der Waals surface area contributed by atoms with Gasteiger partial charge in [0.1, 0.15) is 18.2 Å². The monoisotopic (exact) mass is 434 g/mol. The molecule has 1 amide bonds. The quantitative estimate of drug-likeness (QED) is 0.513. The Morgan fingerprint density at radius 3 is 2.58 bits per heavy atom. The molecule has 0 radical (unpaired) electrons. The van der Waals surface area contributed by atoms with E-state index < -0.39 is 5.91 Å². The van der Waals surface area contributed by atoms with Crippen LogP contribution >= 0.6 is 27.5 Å². The lowest BCUT2D eigenvalue weighted by Gasteiger charge is -2.15. The Morgan fingerprint density at radius 1 is 1.31 bits per heavy atom. The van der Waals surface area contributed by atoms with Gasteiger partial charge in [-0.2, -0.15) is 5.26 Å². The van der Waals surface area contributed by atoms with E-state index in [4.69, 9.17) is 32.1 Å². The van der Waals surface area contributed by atoms with Crippen molar-refractivity contribution in [3.63, 3.8) is 0 Å². The zero-order valence-electron chi connectivity index (χ0n) is 14.0. The maximum Gasteiger partial charge on any atom is 0.259 e. The van der Waals surface area contributed by atoms with Crippen LogP contribution in [-0.4, -0.2) is 12.5 Å². The van der Waals surface area contributed by atoms with Crippen molar-refractivity contribution in [3.8, 4) is 17.6 Å². The summed E-state index contributed by atoms with van der Waals surface area (Å²) >= 11 is 9.33. The van der Waals surface area contributed by atoms with E-state index in [1.807, 2.05) is 19.1 Å². The predicted octanol–water partition coefficient (Wildman–Crippen LogP) is 4.47. The number of carbonyl (C=O) groups is 1. The Kier molecular flexibility index (Phi) is 7.07. The highest BCUT2D eigenvalue weighted by Gasteiger charge is 2.13. The van der Waals surface area contributed by atoms with Crippen LogP contribution in [0.25, 0.3) is 6.08 Å². The fraction of sp³-hybridized carbons (Fsp3) is 0.158. The average molecular weight is 436 g/mol. The van der Waals surface area contributed by atoms with Crippen molar-refractivity contribution < 1.29 is 14.3 Å². The van der Waals surface area contributed by atoms with E-state index in [0.29, 0.717) is 39.8 Å². The van der Waals surface area contributed by atoms with Crippen LogP contribution in [0.3, 0.4) is 0 Å². The Labute approximate surface area is 165 Å². The summed E-state index contributed by atoms with van der Waals surface area (Å²) in [6.45, 7) is 2.61. The fourth-order valence-corrected chi connectivity index (χ4v) is 2.84. The van der Waals surface area contributed by atoms with E-state index in [9.17, 15) is 4.79 Å². The van der Waals surface area contributed by atoms with Crippen LogP contribution in [0, 0.1) is 11.3 Å². The van der Waals surface area contributed by atoms with Crippen molar-refractivity contribution in [3.05, 3.63) is 62.6 Å². The average Bonchev–Trinajstić information content (AvgIpc) is 2.60. The van der Waals surface area contributed by atoms with Gasteiger partial charge in [0.25, 0.3) is 5.91 Å². The third-order valence-electron chi connectivity index (χ3n) is 3.33. The lowest BCUT2D eigenvalue weighted by atomic mass is 10.1.